The van der Waals surface area contributed by atoms with Crippen molar-refractivity contribution < 1.29 is 53.3 Å². The number of hydrogen-bond donors (Lipinski definition) is 7. The van der Waals surface area contributed by atoms with Gasteiger partial charge in [0.2, 0.25) is 17.4 Å². The second-order valence-corrected chi connectivity index (χ2v) is 12.3. The molecule has 1 aromatic carbocycles. The van der Waals surface area contributed by atoms with E-state index >= 15 is 0 Å². The molecule has 0 spiro atoms. The molecule has 6 rings (SSSR count). The number of guanidine groups is 1. The SMILES string of the molecule is CCCOc1c2c(c(CO)c3c1/C(=C/C[NH+]1C=CNC1[NH+]1CN=C4C(=O)NC(=N)N=C41)C(C=O)=C(C(=O)OCC)O3)O[C@H](C(C)(C)O)C2. The number of ether oxygens (including phenoxy) is 4. The maximum absolute atomic E-state index is 13.2. The fourth-order valence-electron chi connectivity index (χ4n) is 6.33. The predicted octanol–water partition coefficient (Wildman–Crippen LogP) is -2.16. The molecule has 0 aromatic heterocycles. The van der Waals surface area contributed by atoms with Gasteiger partial charge < -0.3 is 29.2 Å². The molecule has 0 saturated carbocycles. The summed E-state index contributed by atoms with van der Waals surface area (Å²) in [4.78, 5) is 48.6. The summed E-state index contributed by atoms with van der Waals surface area (Å²) in [5, 5.41) is 35.1. The van der Waals surface area contributed by atoms with Crippen LogP contribution in [0.15, 0.2) is 39.8 Å². The zero-order valence-electron chi connectivity index (χ0n) is 27.1. The summed E-state index contributed by atoms with van der Waals surface area (Å²) in [5.74, 6) is -0.855. The quantitative estimate of drug-likeness (QED) is 0.101. The molecule has 0 aliphatic carbocycles. The van der Waals surface area contributed by atoms with Crippen molar-refractivity contribution in [2.75, 3.05) is 26.4 Å². The van der Waals surface area contributed by atoms with E-state index < -0.39 is 36.5 Å². The summed E-state index contributed by atoms with van der Waals surface area (Å²) in [6, 6.07) is 0. The Bertz CT molecular complexity index is 1740. The summed E-state index contributed by atoms with van der Waals surface area (Å²) in [6.07, 6.45) is 5.79. The van der Waals surface area contributed by atoms with Crippen LogP contribution in [0, 0.1) is 5.41 Å². The van der Waals surface area contributed by atoms with Gasteiger partial charge in [0, 0.05) is 17.6 Å². The number of aliphatic hydroxyl groups is 2. The van der Waals surface area contributed by atoms with Gasteiger partial charge in [-0.05, 0) is 33.3 Å². The van der Waals surface area contributed by atoms with E-state index in [0.29, 0.717) is 53.3 Å². The number of aliphatic imine (C=N–C) groups is 2. The van der Waals surface area contributed by atoms with Crippen LogP contribution in [0.1, 0.15) is 50.8 Å². The van der Waals surface area contributed by atoms with E-state index in [-0.39, 0.29) is 60.6 Å². The number of amidine groups is 1. The Hall–Kier alpha value is -4.90. The highest BCUT2D eigenvalue weighted by molar-refractivity contribution is 6.68. The number of rotatable bonds is 11. The van der Waals surface area contributed by atoms with Crippen LogP contribution in [0.3, 0.4) is 0 Å². The zero-order valence-corrected chi connectivity index (χ0v) is 27.1. The Morgan fingerprint density at radius 1 is 1.29 bits per heavy atom. The van der Waals surface area contributed by atoms with Crippen molar-refractivity contribution in [3.8, 4) is 17.2 Å². The lowest BCUT2D eigenvalue weighted by atomic mass is 9.87. The summed E-state index contributed by atoms with van der Waals surface area (Å²) in [7, 11) is 0. The van der Waals surface area contributed by atoms with E-state index in [4.69, 9.17) is 24.4 Å². The number of nitrogens with zero attached hydrogens (tertiary/aromatic N) is 2. The van der Waals surface area contributed by atoms with Crippen LogP contribution in [0.2, 0.25) is 0 Å². The minimum Gasteiger partial charge on any atom is -0.492 e. The van der Waals surface area contributed by atoms with Crippen molar-refractivity contribution in [3.05, 3.63) is 46.5 Å². The molecule has 254 valence electrons. The first kappa shape index (κ1) is 33.0. The monoisotopic (exact) mass is 665 g/mol. The molecule has 48 heavy (non-hydrogen) atoms. The number of amides is 1. The van der Waals surface area contributed by atoms with E-state index in [1.807, 2.05) is 13.1 Å². The molecular weight excluding hydrogens is 626 g/mol. The number of quaternary nitrogens is 2. The maximum Gasteiger partial charge on any atom is 0.375 e. The molecular formula is C32H39N7O9+2. The molecule has 7 N–H and O–H groups in total. The Morgan fingerprint density at radius 3 is 2.77 bits per heavy atom. The van der Waals surface area contributed by atoms with Crippen LogP contribution >= 0.6 is 0 Å². The summed E-state index contributed by atoms with van der Waals surface area (Å²) in [5.41, 5.74) is 0.418. The number of carbonyl (C=O) groups is 3. The average Bonchev–Trinajstić information content (AvgIpc) is 3.80. The van der Waals surface area contributed by atoms with E-state index in [9.17, 15) is 24.6 Å². The molecule has 16 heteroatoms. The van der Waals surface area contributed by atoms with Gasteiger partial charge in [0.05, 0.1) is 48.3 Å². The summed E-state index contributed by atoms with van der Waals surface area (Å²) >= 11 is 0. The second kappa shape index (κ2) is 13.0. The average molecular weight is 666 g/mol. The molecule has 4 atom stereocenters. The van der Waals surface area contributed by atoms with Gasteiger partial charge in [-0.15, -0.1) is 0 Å². The lowest BCUT2D eigenvalue weighted by Crippen LogP contribution is -3.36. The van der Waals surface area contributed by atoms with Gasteiger partial charge in [-0.3, -0.25) is 25.6 Å². The molecule has 0 saturated heterocycles. The lowest BCUT2D eigenvalue weighted by Gasteiger charge is -2.29. The minimum atomic E-state index is -1.24. The number of allylic oxidation sites excluding steroid dienone is 2. The molecule has 3 unspecified atom stereocenters. The number of aldehydes is 1. The minimum absolute atomic E-state index is 0.0279. The molecule has 0 radical (unpaired) electrons. The Labute approximate surface area is 275 Å². The molecule has 5 aliphatic rings. The molecule has 0 fully saturated rings. The number of fused-ring (bicyclic) bond motifs is 3. The van der Waals surface area contributed by atoms with Crippen LogP contribution < -0.4 is 34.6 Å². The van der Waals surface area contributed by atoms with Gasteiger partial charge in [0.15, 0.2) is 13.0 Å². The van der Waals surface area contributed by atoms with Crippen molar-refractivity contribution in [2.24, 2.45) is 9.98 Å². The second-order valence-electron chi connectivity index (χ2n) is 12.3. The largest absolute Gasteiger partial charge is 0.492 e. The number of aliphatic hydroxyl groups excluding tert-OH is 1. The smallest absolute Gasteiger partial charge is 0.375 e. The van der Waals surface area contributed by atoms with Crippen molar-refractivity contribution in [2.45, 2.75) is 65.1 Å². The Kier molecular flexibility index (Phi) is 8.91. The fraction of sp³-hybridized carbons (Fsp3) is 0.438. The van der Waals surface area contributed by atoms with Gasteiger partial charge >= 0.3 is 12.3 Å². The molecule has 1 amide bonds. The van der Waals surface area contributed by atoms with Crippen LogP contribution in [-0.2, 0) is 32.1 Å². The van der Waals surface area contributed by atoms with Crippen molar-refractivity contribution in [3.63, 3.8) is 0 Å². The van der Waals surface area contributed by atoms with E-state index in [2.05, 4.69) is 20.6 Å². The van der Waals surface area contributed by atoms with Crippen molar-refractivity contribution >= 4 is 41.2 Å². The molecule has 1 aromatic rings. The van der Waals surface area contributed by atoms with Gasteiger partial charge in [-0.1, -0.05) is 6.92 Å². The molecule has 0 bridgehead atoms. The highest BCUT2D eigenvalue weighted by atomic mass is 16.6. The van der Waals surface area contributed by atoms with Gasteiger partial charge in [0.1, 0.15) is 36.1 Å². The lowest BCUT2D eigenvalue weighted by molar-refractivity contribution is -1.05. The standard InChI is InChI=1S/C32H37N7O9/c1-5-11-46-24-17-12-20(32(3,4)44)47-23(17)19(14-41)25-21(24)16(18(13-40)26(48-25)29(43)45-6-2)7-9-38-10-8-34-31(38)39-15-35-22-27(39)36-30(33)37-28(22)42/h7-8,10,13,20,31,34,41,44H,5-6,9,11-12,14-15H2,1-4H3,(H2,33,37,42)/p+2/b16-7+/t20-,31?/m0/s1. The Morgan fingerprint density at radius 2 is 2.08 bits per heavy atom. The third-order valence-corrected chi connectivity index (χ3v) is 8.61. The number of nitrogens with one attached hydrogen (secondary N) is 5. The number of esters is 1. The fourth-order valence-corrected chi connectivity index (χ4v) is 6.33. The third-order valence-electron chi connectivity index (χ3n) is 8.61. The van der Waals surface area contributed by atoms with Crippen molar-refractivity contribution in [1.82, 2.24) is 10.6 Å². The molecule has 5 aliphatic heterocycles. The van der Waals surface area contributed by atoms with E-state index in [1.54, 1.807) is 33.0 Å². The zero-order chi connectivity index (χ0) is 34.3. The Balaban J connectivity index is 1.47. The van der Waals surface area contributed by atoms with Crippen molar-refractivity contribution in [1.29, 1.82) is 5.41 Å². The first-order valence-electron chi connectivity index (χ1n) is 15.8. The normalized spacial score (nSPS) is 24.9. The van der Waals surface area contributed by atoms with Gasteiger partial charge in [0.25, 0.3) is 11.7 Å². The molecule has 16 nitrogen and oxygen atoms in total. The molecule has 5 heterocycles. The number of hydrogen-bond acceptors (Lipinski definition) is 12. The highest BCUT2D eigenvalue weighted by Crippen LogP contribution is 2.54. The van der Waals surface area contributed by atoms with Gasteiger partial charge in [-0.2, -0.15) is 9.89 Å². The summed E-state index contributed by atoms with van der Waals surface area (Å²) in [6.45, 7) is 7.10. The highest BCUT2D eigenvalue weighted by Gasteiger charge is 2.47. The number of benzene rings is 1. The van der Waals surface area contributed by atoms with E-state index in [0.717, 1.165) is 9.80 Å². The third kappa shape index (κ3) is 5.66. The first-order chi connectivity index (χ1) is 23.0. The van der Waals surface area contributed by atoms with Crippen LogP contribution in [0.25, 0.3) is 5.57 Å². The number of carbonyl (C=O) groups excluding carboxylic acids is 3. The topological polar surface area (TPSA) is 210 Å². The first-order valence-corrected chi connectivity index (χ1v) is 15.8. The van der Waals surface area contributed by atoms with Crippen LogP contribution in [0.5, 0.6) is 17.2 Å². The maximum atomic E-state index is 13.2. The van der Waals surface area contributed by atoms with E-state index in [1.165, 1.54) is 0 Å². The summed E-state index contributed by atoms with van der Waals surface area (Å²) < 4.78 is 23.9. The van der Waals surface area contributed by atoms with Crippen LogP contribution in [0.4, 0.5) is 0 Å². The van der Waals surface area contributed by atoms with Gasteiger partial charge in [-0.25, -0.2) is 14.7 Å². The predicted molar refractivity (Wildman–Crippen MR) is 169 cm³/mol. The van der Waals surface area contributed by atoms with Crippen LogP contribution in [-0.4, -0.2) is 90.3 Å².